The average molecular weight is 2000 g/mol. The summed E-state index contributed by atoms with van der Waals surface area (Å²) in [5.74, 6) is 1.58. The van der Waals surface area contributed by atoms with Gasteiger partial charge in [-0.1, -0.05) is 18.2 Å². The lowest BCUT2D eigenvalue weighted by Crippen LogP contribution is -2.09. The number of methoxy groups -OCH3 is 9. The fourth-order valence-corrected chi connectivity index (χ4v) is 43.8. The highest BCUT2D eigenvalue weighted by atomic mass is 33.4. The van der Waals surface area contributed by atoms with E-state index in [9.17, 15) is 29.4 Å². The number of hydrogen-bond acceptors (Lipinski definition) is 25. The van der Waals surface area contributed by atoms with Crippen LogP contribution in [0.4, 0.5) is 0 Å². The Morgan fingerprint density at radius 2 is 0.648 bits per heavy atom. The topological polar surface area (TPSA) is 269 Å². The van der Waals surface area contributed by atoms with Crippen molar-refractivity contribution >= 4 is 267 Å². The van der Waals surface area contributed by atoms with Gasteiger partial charge >= 0.3 is 17.9 Å². The van der Waals surface area contributed by atoms with Crippen LogP contribution >= 0.6 is 0 Å². The summed E-state index contributed by atoms with van der Waals surface area (Å²) >= 11 is 18.6. The molecule has 1 unspecified atom stereocenters. The zero-order valence-corrected chi connectivity index (χ0v) is 85.4. The number of aliphatic hydroxyl groups excluding tert-OH is 2. The maximum Gasteiger partial charge on any atom is 0.356 e. The van der Waals surface area contributed by atoms with E-state index >= 15 is 0 Å². The van der Waals surface area contributed by atoms with Crippen LogP contribution < -0.4 is 23.7 Å². The van der Waals surface area contributed by atoms with Gasteiger partial charge in [0.25, 0.3) is 0 Å². The number of aryl methyl sites for hydroxylation is 7. The molecule has 122 heavy (non-hydrogen) atoms. The Hall–Kier alpha value is -7.08. The summed E-state index contributed by atoms with van der Waals surface area (Å²) in [7, 11) is 37.0. The molecule has 0 aliphatic heterocycles. The third-order valence-corrected chi connectivity index (χ3v) is 48.9. The molecule has 0 aliphatic rings. The van der Waals surface area contributed by atoms with Crippen LogP contribution in [-0.4, -0.2) is 128 Å². The van der Waals surface area contributed by atoms with Gasteiger partial charge in [-0.25, -0.2) is 44.3 Å². The lowest BCUT2D eigenvalue weighted by atomic mass is 9.93. The van der Waals surface area contributed by atoms with Gasteiger partial charge in [0.2, 0.25) is 0 Å². The van der Waals surface area contributed by atoms with Crippen molar-refractivity contribution in [1.29, 1.82) is 0 Å². The number of esters is 3. The molecule has 2 N–H and O–H groups in total. The van der Waals surface area contributed by atoms with E-state index < -0.39 is 24.2 Å². The Labute approximate surface area is 769 Å². The van der Waals surface area contributed by atoms with Gasteiger partial charge in [0.05, 0.1) is 109 Å². The van der Waals surface area contributed by atoms with Crippen molar-refractivity contribution in [3.05, 3.63) is 179 Å². The molecule has 6 aromatic heterocycles. The number of pyridine rings is 6. The van der Waals surface area contributed by atoms with Gasteiger partial charge in [0.15, 0.2) is 12.6 Å². The summed E-state index contributed by atoms with van der Waals surface area (Å²) in [4.78, 5) is 77.8. The molecular formula is C82H84N6O15S19. The number of carbonyl (C=O) groups is 4. The maximum absolute atomic E-state index is 12.5. The van der Waals surface area contributed by atoms with E-state index in [-0.39, 0.29) is 29.4 Å². The van der Waals surface area contributed by atoms with Crippen LogP contribution in [-0.2, 0) is 204 Å². The fraction of sp³-hybridized carbons (Fsp3) is 0.293. The first-order valence-corrected chi connectivity index (χ1v) is 58.5. The van der Waals surface area contributed by atoms with E-state index in [1.165, 1.54) is 64.0 Å². The number of carbonyl (C=O) groups excluding carboxylic acids is 4. The molecule has 0 fully saturated rings. The molecule has 0 bridgehead atoms. The van der Waals surface area contributed by atoms with Crippen LogP contribution in [0.3, 0.4) is 0 Å². The highest BCUT2D eigenvalue weighted by molar-refractivity contribution is 8.73. The quantitative estimate of drug-likeness (QED) is 0.0418. The van der Waals surface area contributed by atoms with Gasteiger partial charge in [-0.2, -0.15) is 0 Å². The summed E-state index contributed by atoms with van der Waals surface area (Å²) in [5.41, 5.74) is 17.7. The Balaban J connectivity index is 0.000000205. The average Bonchev–Trinajstić information content (AvgIpc) is 0.749. The number of hydrogen-bond donors (Lipinski definition) is 2. The van der Waals surface area contributed by atoms with Crippen molar-refractivity contribution < 1.29 is 72.0 Å². The second-order valence-corrected chi connectivity index (χ2v) is 53.0. The van der Waals surface area contributed by atoms with Crippen molar-refractivity contribution in [2.75, 3.05) is 64.0 Å². The van der Waals surface area contributed by atoms with E-state index in [0.717, 1.165) is 126 Å². The first kappa shape index (κ1) is 100. The van der Waals surface area contributed by atoms with Crippen molar-refractivity contribution in [3.8, 4) is 62.9 Å². The maximum atomic E-state index is 12.5. The Kier molecular flexibility index (Phi) is 39.0. The zero-order valence-electron chi connectivity index (χ0n) is 69.9. The zero-order chi connectivity index (χ0) is 89.7. The highest BCUT2D eigenvalue weighted by Crippen LogP contribution is 2.45. The van der Waals surface area contributed by atoms with Crippen LogP contribution in [0.15, 0.2) is 72.8 Å². The monoisotopic (exact) mass is 2000 g/mol. The summed E-state index contributed by atoms with van der Waals surface area (Å²) in [6, 6.07) is 22.9. The number of benzene rings is 6. The normalized spacial score (nSPS) is 10.8. The van der Waals surface area contributed by atoms with Crippen molar-refractivity contribution in [2.24, 2.45) is 0 Å². The minimum atomic E-state index is -1.23. The van der Waals surface area contributed by atoms with Gasteiger partial charge in [-0.3, -0.25) is 4.79 Å². The predicted molar refractivity (Wildman–Crippen MR) is 539 cm³/mol. The predicted octanol–water partition coefficient (Wildman–Crippen LogP) is 15.7. The number of rotatable bonds is 15. The van der Waals surface area contributed by atoms with Crippen LogP contribution in [0.2, 0.25) is 0 Å². The van der Waals surface area contributed by atoms with Crippen molar-refractivity contribution in [2.45, 2.75) is 103 Å². The van der Waals surface area contributed by atoms with Crippen molar-refractivity contribution in [1.82, 2.24) is 29.9 Å². The van der Waals surface area contributed by atoms with Crippen LogP contribution in [0.25, 0.3) is 98.8 Å². The molecular weight excluding hydrogens is 1920 g/mol. The minimum Gasteiger partial charge on any atom is -0.496 e. The molecule has 0 radical (unpaired) electrons. The number of ether oxygens (including phenoxy) is 9. The first-order valence-electron chi connectivity index (χ1n) is 35.8. The van der Waals surface area contributed by atoms with Gasteiger partial charge in [0.1, 0.15) is 57.2 Å². The van der Waals surface area contributed by atoms with E-state index in [1.54, 1.807) is 151 Å². The third-order valence-electron chi connectivity index (χ3n) is 20.0. The molecule has 646 valence electrons. The van der Waals surface area contributed by atoms with Crippen LogP contribution in [0.1, 0.15) is 132 Å². The second kappa shape index (κ2) is 47.5. The second-order valence-electron chi connectivity index (χ2n) is 26.4. The standard InChI is InChI=1S/C28H30N2O5.C27H28N2O5.C27H26N2O5.S10.S9/c1-13-9-18-11-21(29-25(28(32)35-8)23(18)17(5)15(13)3)24-19-10-14(2)16(4)26(33-6)20(19)12-22(30-24)27(31)34-7;2*1-13-8-17-10-20(28-22(12-30)23(17)26(33-6)16(13)4)24-18-9-14(2)15(3)25(32-5)19(18)11-21(29-24)27(31)34-7;1-3-5-7-9-10-8-6-4-2;1-3-5-7-9-8-6-4-2/h9-12,28,32H,1-8H3;8-11,30H,12H2,1-7H3;8-12H,1-7H3;;. The van der Waals surface area contributed by atoms with E-state index in [0.29, 0.717) is 91.4 Å². The molecule has 21 nitrogen and oxygen atoms in total. The Morgan fingerprint density at radius 3 is 0.967 bits per heavy atom. The molecule has 12 aromatic rings. The SMILES string of the molecule is COC(=O)c1cc2c(OC)c(C)c(C)cc2c(-c2cc3cc(C)c(C)c(C)c3c(C(O)OC)n2)n1.COC(=O)c1cc2c(OC)c(C)c(C)cc2c(-c2cc3cc(C)c(C)c(OC)c3c(C=O)n2)n1.COC(=O)c1cc2c(OC)c(C)c(C)cc2c(-c2cc3cc(C)c(C)c(OC)c3c(CO)n2)n1.S=S=S=S=S=S=S=S=S.S=S=S=S=S=S=S=S=S=S. The van der Waals surface area contributed by atoms with E-state index in [2.05, 4.69) is 77.7 Å². The Bertz CT molecular complexity index is 6940. The number of aromatic nitrogens is 6. The molecule has 0 amide bonds. The fourth-order valence-electron chi connectivity index (χ4n) is 13.6. The molecule has 6 heterocycles. The summed E-state index contributed by atoms with van der Waals surface area (Å²) < 4.78 is 48.6. The van der Waals surface area contributed by atoms with Gasteiger partial charge in [-0.05, 0) is 233 Å². The summed E-state index contributed by atoms with van der Waals surface area (Å²) in [6.07, 6.45) is -0.516. The Morgan fingerprint density at radius 1 is 0.352 bits per heavy atom. The molecule has 0 spiro atoms. The van der Waals surface area contributed by atoms with Crippen molar-refractivity contribution in [3.63, 3.8) is 0 Å². The van der Waals surface area contributed by atoms with Crippen LogP contribution in [0.5, 0.6) is 28.7 Å². The lowest BCUT2D eigenvalue weighted by molar-refractivity contribution is -0.0787. The summed E-state index contributed by atoms with van der Waals surface area (Å²) in [5, 5.41) is 30.3. The number of fused-ring (bicyclic) bond motifs is 6. The smallest absolute Gasteiger partial charge is 0.356 e. The molecule has 0 saturated heterocycles. The molecule has 0 aliphatic carbocycles. The number of aliphatic hydroxyl groups is 2. The van der Waals surface area contributed by atoms with Gasteiger partial charge in [0, 0.05) is 228 Å². The third kappa shape index (κ3) is 23.0. The lowest BCUT2D eigenvalue weighted by Gasteiger charge is -2.19. The summed E-state index contributed by atoms with van der Waals surface area (Å²) in [6.45, 7) is 25.7. The number of aldehydes is 1. The highest BCUT2D eigenvalue weighted by Gasteiger charge is 2.28. The van der Waals surface area contributed by atoms with Gasteiger partial charge < -0.3 is 52.8 Å². The molecule has 6 aromatic carbocycles. The van der Waals surface area contributed by atoms with Gasteiger partial charge in [-0.15, -0.1) is 0 Å². The molecule has 12 rings (SSSR count). The number of nitrogens with zero attached hydrogens (tertiary/aromatic N) is 6. The van der Waals surface area contributed by atoms with E-state index in [1.807, 2.05) is 132 Å². The molecule has 0 saturated carbocycles. The minimum absolute atomic E-state index is 0.124. The first-order chi connectivity index (χ1) is 58.4. The molecule has 1 atom stereocenters. The van der Waals surface area contributed by atoms with E-state index in [4.69, 9.17) is 52.6 Å². The van der Waals surface area contributed by atoms with Crippen LogP contribution in [0, 0.1) is 90.0 Å². The molecule has 40 heteroatoms. The largest absolute Gasteiger partial charge is 0.496 e.